The number of benzene rings is 1. The van der Waals surface area contributed by atoms with Crippen molar-refractivity contribution in [2.24, 2.45) is 29.6 Å². The van der Waals surface area contributed by atoms with Crippen LogP contribution in [0.2, 0.25) is 5.02 Å². The third-order valence-electron chi connectivity index (χ3n) is 10.1. The van der Waals surface area contributed by atoms with Crippen molar-refractivity contribution in [2.45, 2.75) is 95.9 Å². The van der Waals surface area contributed by atoms with Crippen LogP contribution in [-0.2, 0) is 9.59 Å². The summed E-state index contributed by atoms with van der Waals surface area (Å²) in [6, 6.07) is 7.56. The van der Waals surface area contributed by atoms with E-state index in [1.165, 1.54) is 0 Å². The molecule has 4 atom stereocenters. The van der Waals surface area contributed by atoms with Gasteiger partial charge in [0.25, 0.3) is 0 Å². The van der Waals surface area contributed by atoms with Gasteiger partial charge in [0.1, 0.15) is 0 Å². The maximum atomic E-state index is 13.5. The monoisotopic (exact) mass is 559 g/mol. The van der Waals surface area contributed by atoms with Crippen LogP contribution in [0.1, 0.15) is 72.6 Å². The van der Waals surface area contributed by atoms with Gasteiger partial charge in [0.05, 0.1) is 29.0 Å². The molecule has 1 aromatic carbocycles. The average Bonchev–Trinajstić information content (AvgIpc) is 2.84. The summed E-state index contributed by atoms with van der Waals surface area (Å²) in [5, 5.41) is 25.9. The van der Waals surface area contributed by atoms with Crippen molar-refractivity contribution in [1.82, 2.24) is 10.2 Å². The van der Waals surface area contributed by atoms with Gasteiger partial charge in [-0.15, -0.1) is 0 Å². The van der Waals surface area contributed by atoms with Gasteiger partial charge in [0, 0.05) is 30.6 Å². The maximum Gasteiger partial charge on any atom is 0.241 e. The molecule has 7 nitrogen and oxygen atoms in total. The van der Waals surface area contributed by atoms with E-state index in [0.717, 1.165) is 37.8 Å². The molecule has 6 rings (SSSR count). The van der Waals surface area contributed by atoms with Crippen LogP contribution in [0, 0.1) is 29.6 Å². The minimum atomic E-state index is -0.630. The van der Waals surface area contributed by atoms with Gasteiger partial charge in [-0.1, -0.05) is 37.6 Å². The van der Waals surface area contributed by atoms with E-state index in [1.807, 2.05) is 32.0 Å². The summed E-state index contributed by atoms with van der Waals surface area (Å²) in [6.07, 6.45) is 5.03. The highest BCUT2D eigenvalue weighted by Gasteiger charge is 2.55. The number of aliphatic hydroxyl groups is 2. The molecule has 2 unspecified atom stereocenters. The van der Waals surface area contributed by atoms with E-state index in [4.69, 9.17) is 11.6 Å². The fraction of sp³-hybridized carbons (Fsp3) is 0.742. The number of aliphatic hydroxyl groups excluding tert-OH is 1. The quantitative estimate of drug-likeness (QED) is 0.421. The molecule has 0 radical (unpaired) electrons. The molecule has 4 aliphatic carbocycles. The maximum absolute atomic E-state index is 13.5. The van der Waals surface area contributed by atoms with Crippen LogP contribution in [0.15, 0.2) is 24.3 Å². The molecule has 1 saturated heterocycles. The Morgan fingerprint density at radius 3 is 2.44 bits per heavy atom. The molecule has 4 bridgehead atoms. The van der Waals surface area contributed by atoms with Crippen LogP contribution in [0.4, 0.5) is 5.69 Å². The normalized spacial score (nSPS) is 33.4. The van der Waals surface area contributed by atoms with Gasteiger partial charge in [-0.05, 0) is 94.6 Å². The number of amides is 2. The highest BCUT2D eigenvalue weighted by Crippen LogP contribution is 2.55. The first-order chi connectivity index (χ1) is 18.3. The van der Waals surface area contributed by atoms with Crippen molar-refractivity contribution < 1.29 is 19.8 Å². The van der Waals surface area contributed by atoms with E-state index in [2.05, 4.69) is 24.1 Å². The predicted octanol–water partition coefficient (Wildman–Crippen LogP) is 4.24. The Labute approximate surface area is 238 Å². The largest absolute Gasteiger partial charge is 0.393 e. The molecule has 5 aliphatic rings. The van der Waals surface area contributed by atoms with Crippen LogP contribution in [0.5, 0.6) is 0 Å². The van der Waals surface area contributed by atoms with E-state index < -0.39 is 11.7 Å². The van der Waals surface area contributed by atoms with Gasteiger partial charge in [0.2, 0.25) is 11.8 Å². The number of nitrogens with zero attached hydrogens (tertiary/aromatic N) is 2. The number of hydrogen-bond donors (Lipinski definition) is 3. The van der Waals surface area contributed by atoms with Crippen molar-refractivity contribution in [3.63, 3.8) is 0 Å². The fourth-order valence-corrected chi connectivity index (χ4v) is 8.43. The van der Waals surface area contributed by atoms with Crippen LogP contribution >= 0.6 is 11.6 Å². The molecule has 1 aromatic rings. The summed E-state index contributed by atoms with van der Waals surface area (Å²) in [4.78, 5) is 30.4. The number of rotatable bonds is 9. The topological polar surface area (TPSA) is 93.1 Å². The van der Waals surface area contributed by atoms with Gasteiger partial charge < -0.3 is 20.4 Å². The molecule has 1 heterocycles. The lowest BCUT2D eigenvalue weighted by atomic mass is 9.52. The molecule has 1 aliphatic heterocycles. The summed E-state index contributed by atoms with van der Waals surface area (Å²) in [5.74, 6) is 1.21. The number of para-hydroxylation sites is 1. The minimum absolute atomic E-state index is 0.00308. The molecule has 0 spiro atoms. The Bertz CT molecular complexity index is 1060. The molecule has 0 aromatic heterocycles. The van der Waals surface area contributed by atoms with Crippen LogP contribution < -0.4 is 10.2 Å². The number of carbonyl (C=O) groups excluding carboxylic acids is 2. The second kappa shape index (κ2) is 11.0. The standard InChI is InChI=1S/C31H46ClN3O4/c1-19(2)24(29(38)33-28-21-11-20-12-22(28)16-31(39,14-20)15-21)13-23(36)9-10-34-17-27(37)35(18-30(34,3)4)26-8-6-5-7-25(26)32/h5-8,19-24,28,36,39H,9-18H2,1-4H3,(H,33,38)/t20?,21?,22?,23-,24+,28?,31?/m1/s1. The Hall–Kier alpha value is -1.67. The molecular formula is C31H46ClN3O4. The average molecular weight is 560 g/mol. The van der Waals surface area contributed by atoms with Gasteiger partial charge >= 0.3 is 0 Å². The Kier molecular flexibility index (Phi) is 8.10. The number of hydrogen-bond acceptors (Lipinski definition) is 5. The number of halogens is 1. The molecule has 4 saturated carbocycles. The van der Waals surface area contributed by atoms with Crippen molar-refractivity contribution in [2.75, 3.05) is 24.5 Å². The fourth-order valence-electron chi connectivity index (χ4n) is 8.20. The first-order valence-corrected chi connectivity index (χ1v) is 15.2. The third-order valence-corrected chi connectivity index (χ3v) is 10.4. The SMILES string of the molecule is CC(C)[C@H](C[C@H](O)CCN1CC(=O)N(c2ccccc2Cl)CC1(C)C)C(=O)NC1C2CC3CC1CC(O)(C3)C2. The van der Waals surface area contributed by atoms with E-state index in [0.29, 0.717) is 48.7 Å². The van der Waals surface area contributed by atoms with Crippen molar-refractivity contribution in [3.05, 3.63) is 29.3 Å². The Balaban J connectivity index is 1.15. The van der Waals surface area contributed by atoms with Gasteiger partial charge in [-0.3, -0.25) is 14.5 Å². The van der Waals surface area contributed by atoms with Crippen molar-refractivity contribution in [3.8, 4) is 0 Å². The first kappa shape index (κ1) is 28.8. The highest BCUT2D eigenvalue weighted by molar-refractivity contribution is 6.33. The van der Waals surface area contributed by atoms with Gasteiger partial charge in [0.15, 0.2) is 0 Å². The smallest absolute Gasteiger partial charge is 0.241 e. The second-order valence-electron chi connectivity index (χ2n) is 13.9. The molecule has 216 valence electrons. The number of anilines is 1. The third kappa shape index (κ3) is 6.02. The zero-order valence-electron chi connectivity index (χ0n) is 23.9. The minimum Gasteiger partial charge on any atom is -0.393 e. The van der Waals surface area contributed by atoms with Crippen molar-refractivity contribution >= 4 is 29.1 Å². The molecule has 5 fully saturated rings. The van der Waals surface area contributed by atoms with Crippen LogP contribution in [-0.4, -0.2) is 69.8 Å². The lowest BCUT2D eigenvalue weighted by Crippen LogP contribution is -2.62. The van der Waals surface area contributed by atoms with Crippen molar-refractivity contribution in [1.29, 1.82) is 0 Å². The lowest BCUT2D eigenvalue weighted by molar-refractivity contribution is -0.149. The lowest BCUT2D eigenvalue weighted by Gasteiger charge is -2.58. The summed E-state index contributed by atoms with van der Waals surface area (Å²) in [7, 11) is 0. The van der Waals surface area contributed by atoms with E-state index in [-0.39, 0.29) is 41.8 Å². The Morgan fingerprint density at radius 2 is 1.82 bits per heavy atom. The summed E-state index contributed by atoms with van der Waals surface area (Å²) < 4.78 is 0. The summed E-state index contributed by atoms with van der Waals surface area (Å²) in [5.41, 5.74) is -0.0686. The van der Waals surface area contributed by atoms with Crippen LogP contribution in [0.25, 0.3) is 0 Å². The predicted molar refractivity (Wildman–Crippen MR) is 153 cm³/mol. The molecule has 3 N–H and O–H groups in total. The van der Waals surface area contributed by atoms with Gasteiger partial charge in [-0.25, -0.2) is 0 Å². The zero-order valence-corrected chi connectivity index (χ0v) is 24.7. The van der Waals surface area contributed by atoms with E-state index >= 15 is 0 Å². The number of carbonyl (C=O) groups is 2. The number of piperazine rings is 1. The highest BCUT2D eigenvalue weighted by atomic mass is 35.5. The molecule has 8 heteroatoms. The van der Waals surface area contributed by atoms with E-state index in [9.17, 15) is 19.8 Å². The summed E-state index contributed by atoms with van der Waals surface area (Å²) >= 11 is 6.37. The Morgan fingerprint density at radius 1 is 1.15 bits per heavy atom. The van der Waals surface area contributed by atoms with Crippen LogP contribution in [0.3, 0.4) is 0 Å². The second-order valence-corrected chi connectivity index (χ2v) is 14.3. The molecular weight excluding hydrogens is 514 g/mol. The zero-order chi connectivity index (χ0) is 28.1. The van der Waals surface area contributed by atoms with E-state index in [1.54, 1.807) is 11.0 Å². The van der Waals surface area contributed by atoms with Gasteiger partial charge in [-0.2, -0.15) is 0 Å². The molecule has 39 heavy (non-hydrogen) atoms. The first-order valence-electron chi connectivity index (χ1n) is 14.9. The summed E-state index contributed by atoms with van der Waals surface area (Å²) in [6.45, 7) is 9.68. The molecule has 2 amide bonds. The number of nitrogens with one attached hydrogen (secondary N) is 1.